The molecule has 6 heteroatoms. The van der Waals surface area contributed by atoms with Crippen LogP contribution < -0.4 is 10.1 Å². The molecule has 1 fully saturated rings. The second kappa shape index (κ2) is 7.95. The number of nitrogens with zero attached hydrogens (tertiary/aromatic N) is 1. The third-order valence-corrected chi connectivity index (χ3v) is 3.50. The summed E-state index contributed by atoms with van der Waals surface area (Å²) in [6.45, 7) is 4.55. The fourth-order valence-electron chi connectivity index (χ4n) is 2.33. The summed E-state index contributed by atoms with van der Waals surface area (Å²) in [7, 11) is 0. The van der Waals surface area contributed by atoms with Gasteiger partial charge >= 0.3 is 5.69 Å². The van der Waals surface area contributed by atoms with E-state index < -0.39 is 4.92 Å². The maximum atomic E-state index is 11.2. The molecule has 1 aliphatic rings. The number of ether oxygens (including phenoxy) is 2. The molecule has 2 rings (SSSR count). The molecule has 1 saturated heterocycles. The van der Waals surface area contributed by atoms with E-state index in [1.165, 1.54) is 0 Å². The minimum Gasteiger partial charge on any atom is -0.484 e. The van der Waals surface area contributed by atoms with E-state index in [4.69, 9.17) is 9.47 Å². The minimum atomic E-state index is -0.396. The lowest BCUT2D eigenvalue weighted by Crippen LogP contribution is -2.26. The zero-order valence-electron chi connectivity index (χ0n) is 12.3. The second-order valence-electron chi connectivity index (χ2n) is 5.14. The first kappa shape index (κ1) is 15.7. The SMILES string of the molecule is CCNCc1ccc(OCC2CCCCO2)c([N+](=O)[O-])c1. The molecule has 6 nitrogen and oxygen atoms in total. The van der Waals surface area contributed by atoms with Gasteiger partial charge in [-0.25, -0.2) is 0 Å². The number of rotatable bonds is 7. The van der Waals surface area contributed by atoms with Crippen LogP contribution in [0.4, 0.5) is 5.69 Å². The van der Waals surface area contributed by atoms with Crippen molar-refractivity contribution in [3.05, 3.63) is 33.9 Å². The van der Waals surface area contributed by atoms with Crippen LogP contribution in [0.15, 0.2) is 18.2 Å². The first-order chi connectivity index (χ1) is 10.2. The van der Waals surface area contributed by atoms with E-state index in [0.29, 0.717) is 18.9 Å². The molecular weight excluding hydrogens is 272 g/mol. The second-order valence-corrected chi connectivity index (χ2v) is 5.14. The van der Waals surface area contributed by atoms with Crippen molar-refractivity contribution in [1.29, 1.82) is 0 Å². The van der Waals surface area contributed by atoms with Gasteiger partial charge in [-0.05, 0) is 37.4 Å². The zero-order chi connectivity index (χ0) is 15.1. The van der Waals surface area contributed by atoms with Crippen molar-refractivity contribution in [2.45, 2.75) is 38.8 Å². The predicted octanol–water partition coefficient (Wildman–Crippen LogP) is 2.65. The molecule has 0 spiro atoms. The smallest absolute Gasteiger partial charge is 0.311 e. The number of hydrogen-bond donors (Lipinski definition) is 1. The highest BCUT2D eigenvalue weighted by Crippen LogP contribution is 2.28. The van der Waals surface area contributed by atoms with E-state index in [2.05, 4.69) is 5.32 Å². The molecule has 21 heavy (non-hydrogen) atoms. The van der Waals surface area contributed by atoms with Crippen LogP contribution in [0.3, 0.4) is 0 Å². The van der Waals surface area contributed by atoms with E-state index in [-0.39, 0.29) is 11.8 Å². The van der Waals surface area contributed by atoms with Gasteiger partial charge in [0, 0.05) is 19.2 Å². The van der Waals surface area contributed by atoms with Crippen molar-refractivity contribution in [2.24, 2.45) is 0 Å². The Bertz CT molecular complexity index is 473. The van der Waals surface area contributed by atoms with Crippen LogP contribution in [0, 0.1) is 10.1 Å². The summed E-state index contributed by atoms with van der Waals surface area (Å²) >= 11 is 0. The molecule has 1 atom stereocenters. The number of hydrogen-bond acceptors (Lipinski definition) is 5. The molecule has 1 unspecified atom stereocenters. The summed E-state index contributed by atoms with van der Waals surface area (Å²) in [5, 5.41) is 14.3. The molecule has 0 radical (unpaired) electrons. The summed E-state index contributed by atoms with van der Waals surface area (Å²) in [4.78, 5) is 10.8. The van der Waals surface area contributed by atoms with Gasteiger partial charge in [0.25, 0.3) is 0 Å². The Morgan fingerprint density at radius 1 is 1.48 bits per heavy atom. The van der Waals surface area contributed by atoms with Crippen molar-refractivity contribution < 1.29 is 14.4 Å². The van der Waals surface area contributed by atoms with E-state index in [9.17, 15) is 10.1 Å². The average molecular weight is 294 g/mol. The monoisotopic (exact) mass is 294 g/mol. The van der Waals surface area contributed by atoms with E-state index in [0.717, 1.165) is 38.0 Å². The lowest BCUT2D eigenvalue weighted by atomic mass is 10.1. The van der Waals surface area contributed by atoms with Gasteiger partial charge in [0.1, 0.15) is 6.61 Å². The quantitative estimate of drug-likeness (QED) is 0.618. The van der Waals surface area contributed by atoms with Crippen molar-refractivity contribution in [2.75, 3.05) is 19.8 Å². The van der Waals surface area contributed by atoms with E-state index in [1.807, 2.05) is 13.0 Å². The lowest BCUT2D eigenvalue weighted by molar-refractivity contribution is -0.386. The van der Waals surface area contributed by atoms with Gasteiger partial charge in [0.15, 0.2) is 5.75 Å². The molecule has 1 heterocycles. The summed E-state index contributed by atoms with van der Waals surface area (Å²) in [5.74, 6) is 0.314. The van der Waals surface area contributed by atoms with Crippen LogP contribution in [0.2, 0.25) is 0 Å². The molecule has 0 amide bonds. The Morgan fingerprint density at radius 2 is 2.33 bits per heavy atom. The molecule has 1 aliphatic heterocycles. The highest BCUT2D eigenvalue weighted by atomic mass is 16.6. The normalized spacial score (nSPS) is 18.4. The topological polar surface area (TPSA) is 73.6 Å². The molecule has 0 aliphatic carbocycles. The maximum Gasteiger partial charge on any atom is 0.311 e. The lowest BCUT2D eigenvalue weighted by Gasteiger charge is -2.22. The molecule has 0 aromatic heterocycles. The Balaban J connectivity index is 2.01. The van der Waals surface area contributed by atoms with Crippen molar-refractivity contribution in [1.82, 2.24) is 5.32 Å². The van der Waals surface area contributed by atoms with Gasteiger partial charge < -0.3 is 14.8 Å². The molecule has 0 bridgehead atoms. The largest absolute Gasteiger partial charge is 0.484 e. The summed E-state index contributed by atoms with van der Waals surface area (Å²) in [6.07, 6.45) is 3.19. The highest BCUT2D eigenvalue weighted by molar-refractivity contribution is 5.48. The third-order valence-electron chi connectivity index (χ3n) is 3.50. The molecule has 1 aromatic carbocycles. The minimum absolute atomic E-state index is 0.0150. The molecule has 116 valence electrons. The van der Waals surface area contributed by atoms with Gasteiger partial charge in [-0.1, -0.05) is 13.0 Å². The maximum absolute atomic E-state index is 11.2. The van der Waals surface area contributed by atoms with Crippen LogP contribution >= 0.6 is 0 Å². The van der Waals surface area contributed by atoms with E-state index >= 15 is 0 Å². The standard InChI is InChI=1S/C15H22N2O4/c1-2-16-10-12-6-7-15(14(9-12)17(18)19)21-11-13-5-3-4-8-20-13/h6-7,9,13,16H,2-5,8,10-11H2,1H3. The van der Waals surface area contributed by atoms with Crippen molar-refractivity contribution in [3.63, 3.8) is 0 Å². The van der Waals surface area contributed by atoms with Crippen LogP contribution in [0.5, 0.6) is 5.75 Å². The summed E-state index contributed by atoms with van der Waals surface area (Å²) in [6, 6.07) is 5.10. The number of nitrogens with one attached hydrogen (secondary N) is 1. The predicted molar refractivity (Wildman–Crippen MR) is 79.6 cm³/mol. The molecule has 1 aromatic rings. The summed E-state index contributed by atoms with van der Waals surface area (Å²) < 4.78 is 11.2. The van der Waals surface area contributed by atoms with E-state index in [1.54, 1.807) is 12.1 Å². The van der Waals surface area contributed by atoms with Crippen LogP contribution in [0.1, 0.15) is 31.7 Å². The Hall–Kier alpha value is -1.66. The van der Waals surface area contributed by atoms with Crippen molar-refractivity contribution in [3.8, 4) is 5.75 Å². The fourth-order valence-corrected chi connectivity index (χ4v) is 2.33. The zero-order valence-corrected chi connectivity index (χ0v) is 12.3. The Morgan fingerprint density at radius 3 is 3.00 bits per heavy atom. The fraction of sp³-hybridized carbons (Fsp3) is 0.600. The Kier molecular flexibility index (Phi) is 5.95. The van der Waals surface area contributed by atoms with Gasteiger partial charge in [-0.2, -0.15) is 0 Å². The average Bonchev–Trinajstić information content (AvgIpc) is 2.52. The molecule has 1 N–H and O–H groups in total. The van der Waals surface area contributed by atoms with Gasteiger partial charge in [0.2, 0.25) is 0 Å². The van der Waals surface area contributed by atoms with Gasteiger partial charge in [-0.3, -0.25) is 10.1 Å². The van der Waals surface area contributed by atoms with Gasteiger partial charge in [0.05, 0.1) is 11.0 Å². The molecular formula is C15H22N2O4. The van der Waals surface area contributed by atoms with Gasteiger partial charge in [-0.15, -0.1) is 0 Å². The number of benzene rings is 1. The number of nitro groups is 1. The van der Waals surface area contributed by atoms with Crippen molar-refractivity contribution >= 4 is 5.69 Å². The summed E-state index contributed by atoms with van der Waals surface area (Å²) in [5.41, 5.74) is 0.894. The molecule has 0 saturated carbocycles. The number of nitro benzene ring substituents is 1. The highest BCUT2D eigenvalue weighted by Gasteiger charge is 2.19. The first-order valence-corrected chi connectivity index (χ1v) is 7.43. The Labute approximate surface area is 124 Å². The van der Waals surface area contributed by atoms with Crippen LogP contribution in [-0.4, -0.2) is 30.8 Å². The van der Waals surface area contributed by atoms with Crippen LogP contribution in [0.25, 0.3) is 0 Å². The van der Waals surface area contributed by atoms with Crippen LogP contribution in [-0.2, 0) is 11.3 Å². The first-order valence-electron chi connectivity index (χ1n) is 7.43. The third kappa shape index (κ3) is 4.68.